The molecule has 0 atom stereocenters. The number of hydrogen-bond donors (Lipinski definition) is 1. The van der Waals surface area contributed by atoms with Gasteiger partial charge in [-0.15, -0.1) is 0 Å². The van der Waals surface area contributed by atoms with Crippen LogP contribution in [0, 0.1) is 10.1 Å². The lowest BCUT2D eigenvalue weighted by atomic mass is 10.1. The Morgan fingerprint density at radius 3 is 2.71 bits per heavy atom. The van der Waals surface area contributed by atoms with E-state index in [0.717, 1.165) is 18.4 Å². The average molecular weight is 290 g/mol. The first-order valence-electron chi connectivity index (χ1n) is 6.65. The number of aromatic nitrogens is 2. The molecular formula is C13H14N4O4. The van der Waals surface area contributed by atoms with E-state index >= 15 is 0 Å². The fourth-order valence-corrected chi connectivity index (χ4v) is 2.76. The van der Waals surface area contributed by atoms with Gasteiger partial charge in [0.05, 0.1) is 22.3 Å². The number of carbonyl (C=O) groups is 1. The lowest BCUT2D eigenvalue weighted by molar-refractivity contribution is -0.384. The van der Waals surface area contributed by atoms with Crippen LogP contribution in [-0.4, -0.2) is 43.7 Å². The fourth-order valence-electron chi connectivity index (χ4n) is 2.76. The summed E-state index contributed by atoms with van der Waals surface area (Å²) in [5.41, 5.74) is 1.45. The highest BCUT2D eigenvalue weighted by Crippen LogP contribution is 2.28. The van der Waals surface area contributed by atoms with Crippen LogP contribution in [0.2, 0.25) is 0 Å². The molecule has 3 rings (SSSR count). The summed E-state index contributed by atoms with van der Waals surface area (Å²) in [6, 6.07) is 4.79. The molecule has 2 heterocycles. The van der Waals surface area contributed by atoms with E-state index < -0.39 is 11.0 Å². The zero-order valence-corrected chi connectivity index (χ0v) is 11.2. The maximum Gasteiger partial charge on any atom is 0.407 e. The predicted octanol–water partition coefficient (Wildman–Crippen LogP) is 2.26. The minimum Gasteiger partial charge on any atom is -0.465 e. The highest BCUT2D eigenvalue weighted by Gasteiger charge is 2.24. The number of rotatable bonds is 2. The Bertz CT molecular complexity index is 703. The van der Waals surface area contributed by atoms with Gasteiger partial charge in [-0.1, -0.05) is 0 Å². The molecule has 1 aliphatic heterocycles. The monoisotopic (exact) mass is 290 g/mol. The van der Waals surface area contributed by atoms with Gasteiger partial charge in [0.1, 0.15) is 0 Å². The molecule has 1 saturated heterocycles. The third-order valence-electron chi connectivity index (χ3n) is 3.90. The van der Waals surface area contributed by atoms with E-state index in [1.54, 1.807) is 12.4 Å². The molecule has 0 saturated carbocycles. The number of piperidine rings is 1. The van der Waals surface area contributed by atoms with Crippen molar-refractivity contribution in [3.63, 3.8) is 0 Å². The number of amides is 1. The number of nitrogens with zero attached hydrogens (tertiary/aromatic N) is 4. The van der Waals surface area contributed by atoms with Crippen LogP contribution >= 0.6 is 0 Å². The molecular weight excluding hydrogens is 276 g/mol. The lowest BCUT2D eigenvalue weighted by Gasteiger charge is -2.30. The summed E-state index contributed by atoms with van der Waals surface area (Å²) in [5, 5.41) is 19.7. The maximum atomic E-state index is 10.9. The van der Waals surface area contributed by atoms with Crippen LogP contribution in [0.1, 0.15) is 18.9 Å². The Labute approximate surface area is 119 Å². The molecule has 21 heavy (non-hydrogen) atoms. The van der Waals surface area contributed by atoms with Gasteiger partial charge in [0, 0.05) is 31.3 Å². The summed E-state index contributed by atoms with van der Waals surface area (Å²) in [5.74, 6) is 0. The van der Waals surface area contributed by atoms with Gasteiger partial charge in [0.15, 0.2) is 0 Å². The first kappa shape index (κ1) is 13.3. The standard InChI is InChI=1S/C13H14N4O4/c18-13(19)15-5-3-9(4-6-15)16-8-14-11-7-10(17(20)21)1-2-12(11)16/h1-2,7-9H,3-6H2,(H,18,19). The second-order valence-corrected chi connectivity index (χ2v) is 5.08. The lowest BCUT2D eigenvalue weighted by Crippen LogP contribution is -2.37. The minimum atomic E-state index is -0.889. The van der Waals surface area contributed by atoms with Crippen molar-refractivity contribution in [2.45, 2.75) is 18.9 Å². The normalized spacial score (nSPS) is 16.3. The number of likely N-dealkylation sites (tertiary alicyclic amines) is 1. The highest BCUT2D eigenvalue weighted by atomic mass is 16.6. The molecule has 1 amide bonds. The largest absolute Gasteiger partial charge is 0.465 e. The molecule has 0 aliphatic carbocycles. The highest BCUT2D eigenvalue weighted by molar-refractivity contribution is 5.78. The van der Waals surface area contributed by atoms with Crippen LogP contribution in [0.4, 0.5) is 10.5 Å². The Hall–Kier alpha value is -2.64. The van der Waals surface area contributed by atoms with E-state index in [4.69, 9.17) is 5.11 Å². The van der Waals surface area contributed by atoms with Crippen LogP contribution in [-0.2, 0) is 0 Å². The van der Waals surface area contributed by atoms with E-state index in [9.17, 15) is 14.9 Å². The summed E-state index contributed by atoms with van der Waals surface area (Å²) in [6.07, 6.45) is 2.22. The Morgan fingerprint density at radius 2 is 2.10 bits per heavy atom. The summed E-state index contributed by atoms with van der Waals surface area (Å²) in [4.78, 5) is 26.8. The second-order valence-electron chi connectivity index (χ2n) is 5.08. The SMILES string of the molecule is O=C(O)N1CCC(n2cnc3cc([N+](=O)[O-])ccc32)CC1. The molecule has 110 valence electrons. The summed E-state index contributed by atoms with van der Waals surface area (Å²) in [6.45, 7) is 0.985. The van der Waals surface area contributed by atoms with Crippen LogP contribution in [0.15, 0.2) is 24.5 Å². The summed E-state index contributed by atoms with van der Waals surface area (Å²) in [7, 11) is 0. The van der Waals surface area contributed by atoms with Crippen molar-refractivity contribution in [3.8, 4) is 0 Å². The van der Waals surface area contributed by atoms with Crippen molar-refractivity contribution in [1.29, 1.82) is 0 Å². The molecule has 0 spiro atoms. The number of imidazole rings is 1. The van der Waals surface area contributed by atoms with Gasteiger partial charge in [-0.2, -0.15) is 0 Å². The molecule has 1 N–H and O–H groups in total. The number of non-ortho nitro benzene ring substituents is 1. The second kappa shape index (κ2) is 5.04. The molecule has 1 aromatic carbocycles. The van der Waals surface area contributed by atoms with E-state index in [0.29, 0.717) is 18.6 Å². The first-order valence-corrected chi connectivity index (χ1v) is 6.65. The van der Waals surface area contributed by atoms with Crippen LogP contribution in [0.25, 0.3) is 11.0 Å². The fraction of sp³-hybridized carbons (Fsp3) is 0.385. The zero-order valence-electron chi connectivity index (χ0n) is 11.2. The molecule has 1 aromatic heterocycles. The molecule has 1 fully saturated rings. The molecule has 2 aromatic rings. The van der Waals surface area contributed by atoms with E-state index in [1.807, 2.05) is 4.57 Å². The van der Waals surface area contributed by atoms with Crippen molar-refractivity contribution in [2.24, 2.45) is 0 Å². The van der Waals surface area contributed by atoms with Crippen LogP contribution in [0.3, 0.4) is 0 Å². The number of benzene rings is 1. The maximum absolute atomic E-state index is 10.9. The van der Waals surface area contributed by atoms with Gasteiger partial charge in [-0.25, -0.2) is 9.78 Å². The summed E-state index contributed by atoms with van der Waals surface area (Å²) >= 11 is 0. The van der Waals surface area contributed by atoms with Gasteiger partial charge >= 0.3 is 6.09 Å². The van der Waals surface area contributed by atoms with Gasteiger partial charge in [0.25, 0.3) is 5.69 Å². The van der Waals surface area contributed by atoms with Gasteiger partial charge < -0.3 is 14.6 Å². The van der Waals surface area contributed by atoms with Crippen molar-refractivity contribution in [1.82, 2.24) is 14.5 Å². The van der Waals surface area contributed by atoms with Crippen molar-refractivity contribution < 1.29 is 14.8 Å². The molecule has 8 nitrogen and oxygen atoms in total. The minimum absolute atomic E-state index is 0.0217. The van der Waals surface area contributed by atoms with E-state index in [-0.39, 0.29) is 11.7 Å². The van der Waals surface area contributed by atoms with Crippen LogP contribution < -0.4 is 0 Å². The van der Waals surface area contributed by atoms with Crippen molar-refractivity contribution in [2.75, 3.05) is 13.1 Å². The number of carboxylic acid groups (broad SMARTS) is 1. The van der Waals surface area contributed by atoms with E-state index in [1.165, 1.54) is 17.0 Å². The smallest absolute Gasteiger partial charge is 0.407 e. The third-order valence-corrected chi connectivity index (χ3v) is 3.90. The number of nitro benzene ring substituents is 1. The first-order chi connectivity index (χ1) is 10.1. The zero-order chi connectivity index (χ0) is 15.0. The van der Waals surface area contributed by atoms with Gasteiger partial charge in [-0.3, -0.25) is 10.1 Å². The molecule has 1 aliphatic rings. The molecule has 0 bridgehead atoms. The van der Waals surface area contributed by atoms with Crippen LogP contribution in [0.5, 0.6) is 0 Å². The number of hydrogen-bond acceptors (Lipinski definition) is 4. The van der Waals surface area contributed by atoms with Gasteiger partial charge in [-0.05, 0) is 18.9 Å². The third kappa shape index (κ3) is 2.39. The average Bonchev–Trinajstić information content (AvgIpc) is 2.90. The van der Waals surface area contributed by atoms with E-state index in [2.05, 4.69) is 4.98 Å². The predicted molar refractivity (Wildman–Crippen MR) is 74.3 cm³/mol. The molecule has 0 radical (unpaired) electrons. The Balaban J connectivity index is 1.85. The molecule has 0 unspecified atom stereocenters. The van der Waals surface area contributed by atoms with Crippen molar-refractivity contribution >= 4 is 22.8 Å². The Morgan fingerprint density at radius 1 is 1.38 bits per heavy atom. The molecule has 8 heteroatoms. The quantitative estimate of drug-likeness (QED) is 0.675. The topological polar surface area (TPSA) is 102 Å². The summed E-state index contributed by atoms with van der Waals surface area (Å²) < 4.78 is 1.98. The number of fused-ring (bicyclic) bond motifs is 1. The van der Waals surface area contributed by atoms with Crippen molar-refractivity contribution in [3.05, 3.63) is 34.6 Å². The number of nitro groups is 1. The Kier molecular flexibility index (Phi) is 3.20. The van der Waals surface area contributed by atoms with Gasteiger partial charge in [0.2, 0.25) is 0 Å².